The molecular weight excluding hydrogens is 307 g/mol. The molecule has 0 saturated heterocycles. The van der Waals surface area contributed by atoms with E-state index in [0.717, 1.165) is 18.2 Å². The van der Waals surface area contributed by atoms with E-state index in [4.69, 9.17) is 0 Å². The van der Waals surface area contributed by atoms with Crippen molar-refractivity contribution >= 4 is 15.9 Å². The molecule has 118 valence electrons. The van der Waals surface area contributed by atoms with Crippen LogP contribution in [0.4, 0.5) is 13.2 Å². The van der Waals surface area contributed by atoms with Gasteiger partial charge in [-0.3, -0.25) is 4.79 Å². The molecule has 1 aromatic rings. The van der Waals surface area contributed by atoms with E-state index in [2.05, 4.69) is 0 Å². The summed E-state index contributed by atoms with van der Waals surface area (Å²) in [5, 5.41) is 0. The van der Waals surface area contributed by atoms with Crippen LogP contribution in [0.2, 0.25) is 0 Å². The summed E-state index contributed by atoms with van der Waals surface area (Å²) in [5.74, 6) is -3.04. The van der Waals surface area contributed by atoms with Crippen LogP contribution in [0.25, 0.3) is 0 Å². The van der Waals surface area contributed by atoms with E-state index in [1.165, 1.54) is 0 Å². The molecule has 0 aromatic heterocycles. The fourth-order valence-electron chi connectivity index (χ4n) is 1.70. The van der Waals surface area contributed by atoms with Crippen molar-refractivity contribution in [1.29, 1.82) is 0 Å². The molecule has 0 atom stereocenters. The predicted octanol–water partition coefficient (Wildman–Crippen LogP) is 2.87. The van der Waals surface area contributed by atoms with Gasteiger partial charge in [-0.1, -0.05) is 32.9 Å². The standard InChI is InChI=1S/C13H16F3NO3S/c1-13(2,3)7-21(19,20)17-12(18)9-6-4-5-8(10(9)14)11(15)16/h4-6,11H,7H2,1-3H3,(H,17,18). The van der Waals surface area contributed by atoms with Crippen molar-refractivity contribution in [3.8, 4) is 0 Å². The zero-order chi connectivity index (χ0) is 16.4. The fourth-order valence-corrected chi connectivity index (χ4v) is 3.30. The number of carbonyl (C=O) groups is 1. The average Bonchev–Trinajstić information content (AvgIpc) is 2.24. The number of carbonyl (C=O) groups excluding carboxylic acids is 1. The number of hydrogen-bond donors (Lipinski definition) is 1. The highest BCUT2D eigenvalue weighted by Crippen LogP contribution is 2.24. The third-order valence-electron chi connectivity index (χ3n) is 2.38. The third kappa shape index (κ3) is 5.04. The van der Waals surface area contributed by atoms with Gasteiger partial charge in [-0.15, -0.1) is 0 Å². The van der Waals surface area contributed by atoms with Crippen LogP contribution in [0.15, 0.2) is 18.2 Å². The highest BCUT2D eigenvalue weighted by molar-refractivity contribution is 7.90. The lowest BCUT2D eigenvalue weighted by atomic mass is 10.0. The molecule has 0 spiro atoms. The van der Waals surface area contributed by atoms with Crippen molar-refractivity contribution in [2.45, 2.75) is 27.2 Å². The number of amides is 1. The van der Waals surface area contributed by atoms with Gasteiger partial charge in [-0.05, 0) is 11.5 Å². The summed E-state index contributed by atoms with van der Waals surface area (Å²) in [6.07, 6.45) is -3.09. The van der Waals surface area contributed by atoms with Gasteiger partial charge in [0.25, 0.3) is 12.3 Å². The number of rotatable bonds is 4. The number of alkyl halides is 2. The Morgan fingerprint density at radius 2 is 1.86 bits per heavy atom. The van der Waals surface area contributed by atoms with Crippen molar-refractivity contribution in [2.75, 3.05) is 5.75 Å². The maximum atomic E-state index is 13.8. The largest absolute Gasteiger partial charge is 0.268 e. The Kier molecular flexibility index (Phi) is 5.03. The molecule has 4 nitrogen and oxygen atoms in total. The summed E-state index contributed by atoms with van der Waals surface area (Å²) in [5.41, 5.74) is -2.30. The molecule has 0 aliphatic carbocycles. The lowest BCUT2D eigenvalue weighted by molar-refractivity contribution is 0.0975. The molecule has 1 aromatic carbocycles. The number of nitrogens with one attached hydrogen (secondary N) is 1. The molecule has 21 heavy (non-hydrogen) atoms. The molecule has 0 aliphatic heterocycles. The molecule has 8 heteroatoms. The van der Waals surface area contributed by atoms with Gasteiger partial charge < -0.3 is 0 Å². The number of hydrogen-bond acceptors (Lipinski definition) is 3. The second-order valence-corrected chi connectivity index (χ2v) is 7.48. The van der Waals surface area contributed by atoms with Crippen molar-refractivity contribution in [2.24, 2.45) is 5.41 Å². The highest BCUT2D eigenvalue weighted by Gasteiger charge is 2.26. The predicted molar refractivity (Wildman–Crippen MR) is 72.1 cm³/mol. The normalized spacial score (nSPS) is 12.5. The molecule has 0 aliphatic rings. The Hall–Kier alpha value is -1.57. The molecule has 1 amide bonds. The van der Waals surface area contributed by atoms with E-state index in [1.54, 1.807) is 25.5 Å². The van der Waals surface area contributed by atoms with Crippen molar-refractivity contribution < 1.29 is 26.4 Å². The fraction of sp³-hybridized carbons (Fsp3) is 0.462. The van der Waals surface area contributed by atoms with E-state index in [1.807, 2.05) is 0 Å². The van der Waals surface area contributed by atoms with Crippen LogP contribution in [0.1, 0.15) is 43.1 Å². The summed E-state index contributed by atoms with van der Waals surface area (Å²) < 4.78 is 64.0. The first-order valence-electron chi connectivity index (χ1n) is 6.04. The molecule has 1 N–H and O–H groups in total. The van der Waals surface area contributed by atoms with Crippen LogP contribution < -0.4 is 4.72 Å². The minimum absolute atomic E-state index is 0.359. The summed E-state index contributed by atoms with van der Waals surface area (Å²) in [4.78, 5) is 11.8. The summed E-state index contributed by atoms with van der Waals surface area (Å²) >= 11 is 0. The second-order valence-electron chi connectivity index (χ2n) is 5.76. The van der Waals surface area contributed by atoms with Crippen LogP contribution in [0, 0.1) is 11.2 Å². The van der Waals surface area contributed by atoms with Gasteiger partial charge in [0.05, 0.1) is 16.9 Å². The van der Waals surface area contributed by atoms with E-state index in [-0.39, 0.29) is 5.75 Å². The first-order chi connectivity index (χ1) is 9.43. The van der Waals surface area contributed by atoms with Gasteiger partial charge in [0.15, 0.2) is 0 Å². The number of sulfonamides is 1. The molecule has 0 radical (unpaired) electrons. The SMILES string of the molecule is CC(C)(C)CS(=O)(=O)NC(=O)c1cccc(C(F)F)c1F. The van der Waals surface area contributed by atoms with Gasteiger partial charge in [0.2, 0.25) is 10.0 Å². The van der Waals surface area contributed by atoms with Crippen LogP contribution in [0.5, 0.6) is 0 Å². The molecular formula is C13H16F3NO3S. The van der Waals surface area contributed by atoms with Gasteiger partial charge in [0.1, 0.15) is 5.82 Å². The highest BCUT2D eigenvalue weighted by atomic mass is 32.2. The Labute approximate surface area is 121 Å². The molecule has 0 saturated carbocycles. The molecule has 0 heterocycles. The molecule has 1 rings (SSSR count). The first kappa shape index (κ1) is 17.5. The zero-order valence-electron chi connectivity index (χ0n) is 11.8. The number of halogens is 3. The zero-order valence-corrected chi connectivity index (χ0v) is 12.6. The Morgan fingerprint density at radius 3 is 2.33 bits per heavy atom. The van der Waals surface area contributed by atoms with Crippen LogP contribution in [0.3, 0.4) is 0 Å². The average molecular weight is 323 g/mol. The van der Waals surface area contributed by atoms with Crippen molar-refractivity contribution in [1.82, 2.24) is 4.72 Å². The van der Waals surface area contributed by atoms with Crippen LogP contribution in [-0.4, -0.2) is 20.1 Å². The minimum atomic E-state index is -3.99. The second kappa shape index (κ2) is 6.05. The van der Waals surface area contributed by atoms with Crippen LogP contribution >= 0.6 is 0 Å². The molecule has 0 bridgehead atoms. The van der Waals surface area contributed by atoms with Crippen molar-refractivity contribution in [3.05, 3.63) is 35.1 Å². The molecule has 0 unspecified atom stereocenters. The smallest absolute Gasteiger partial charge is 0.267 e. The maximum absolute atomic E-state index is 13.8. The monoisotopic (exact) mass is 323 g/mol. The van der Waals surface area contributed by atoms with E-state index in [9.17, 15) is 26.4 Å². The Morgan fingerprint density at radius 1 is 1.29 bits per heavy atom. The Balaban J connectivity index is 3.04. The van der Waals surface area contributed by atoms with E-state index >= 15 is 0 Å². The van der Waals surface area contributed by atoms with Crippen LogP contribution in [-0.2, 0) is 10.0 Å². The van der Waals surface area contributed by atoms with Gasteiger partial charge in [-0.25, -0.2) is 26.3 Å². The van der Waals surface area contributed by atoms with Crippen molar-refractivity contribution in [3.63, 3.8) is 0 Å². The maximum Gasteiger partial charge on any atom is 0.267 e. The van der Waals surface area contributed by atoms with Gasteiger partial charge in [-0.2, -0.15) is 0 Å². The minimum Gasteiger partial charge on any atom is -0.268 e. The quantitative estimate of drug-likeness (QED) is 0.927. The summed E-state index contributed by atoms with van der Waals surface area (Å²) in [6.45, 7) is 4.94. The van der Waals surface area contributed by atoms with E-state index in [0.29, 0.717) is 0 Å². The number of benzene rings is 1. The lowest BCUT2D eigenvalue weighted by Crippen LogP contribution is -2.37. The molecule has 0 fully saturated rings. The topological polar surface area (TPSA) is 63.2 Å². The summed E-state index contributed by atoms with van der Waals surface area (Å²) in [6, 6.07) is 2.85. The van der Waals surface area contributed by atoms with Gasteiger partial charge in [0, 0.05) is 0 Å². The first-order valence-corrected chi connectivity index (χ1v) is 7.69. The summed E-state index contributed by atoms with van der Waals surface area (Å²) in [7, 11) is -3.99. The Bertz CT molecular complexity index is 637. The third-order valence-corrected chi connectivity index (χ3v) is 4.12. The lowest BCUT2D eigenvalue weighted by Gasteiger charge is -2.18. The van der Waals surface area contributed by atoms with Gasteiger partial charge >= 0.3 is 0 Å². The van der Waals surface area contributed by atoms with E-state index < -0.39 is 44.7 Å².